The molecule has 0 aromatic carbocycles. The van der Waals surface area contributed by atoms with Crippen molar-refractivity contribution in [1.82, 2.24) is 0 Å². The topological polar surface area (TPSA) is 35.2 Å². The fraction of sp³-hybridized carbons (Fsp3) is 1.00. The maximum Gasteiger partial charge on any atom is 0.0700 e. The fourth-order valence-electron chi connectivity index (χ4n) is 0.691. The van der Waals surface area contributed by atoms with E-state index in [2.05, 4.69) is 9.24 Å². The summed E-state index contributed by atoms with van der Waals surface area (Å²) in [5, 5.41) is 0. The highest BCUT2D eigenvalue weighted by Crippen LogP contribution is 1.98. The lowest BCUT2D eigenvalue weighted by molar-refractivity contribution is 0.0674. The lowest BCUT2D eigenvalue weighted by Crippen LogP contribution is -2.23. The quantitative estimate of drug-likeness (QED) is 0.581. The third-order valence-electron chi connectivity index (χ3n) is 1.15. The molecule has 0 aliphatic heterocycles. The van der Waals surface area contributed by atoms with Gasteiger partial charge < -0.3 is 10.5 Å². The zero-order valence-electron chi connectivity index (χ0n) is 5.97. The first-order valence-electron chi connectivity index (χ1n) is 3.36. The normalized spacial score (nSPS) is 13.7. The first-order chi connectivity index (χ1) is 4.35. The molecule has 0 bridgehead atoms. The zero-order chi connectivity index (χ0) is 7.11. The predicted octanol–water partition coefficient (Wildman–Crippen LogP) is 0.615. The van der Waals surface area contributed by atoms with Crippen LogP contribution in [0.4, 0.5) is 0 Å². The Bertz CT molecular complexity index is 55.0. The summed E-state index contributed by atoms with van der Waals surface area (Å²) in [6, 6.07) is 0. The Kier molecular flexibility index (Phi) is 6.72. The number of nitrogens with two attached hydrogens (primary N) is 1. The van der Waals surface area contributed by atoms with Crippen molar-refractivity contribution in [1.29, 1.82) is 0 Å². The van der Waals surface area contributed by atoms with Gasteiger partial charge in [-0.3, -0.25) is 0 Å². The van der Waals surface area contributed by atoms with Crippen molar-refractivity contribution in [3.05, 3.63) is 0 Å². The molecule has 0 aromatic heterocycles. The molecule has 3 heteroatoms. The molecule has 0 saturated carbocycles. The SMILES string of the molecule is CCOC(CN)CCP. The van der Waals surface area contributed by atoms with Crippen LogP contribution in [0.25, 0.3) is 0 Å². The van der Waals surface area contributed by atoms with Crippen LogP contribution >= 0.6 is 9.24 Å². The maximum absolute atomic E-state index is 5.41. The van der Waals surface area contributed by atoms with E-state index in [9.17, 15) is 0 Å². The summed E-state index contributed by atoms with van der Waals surface area (Å²) >= 11 is 0. The Morgan fingerprint density at radius 2 is 2.33 bits per heavy atom. The van der Waals surface area contributed by atoms with E-state index in [1.807, 2.05) is 6.92 Å². The lowest BCUT2D eigenvalue weighted by atomic mass is 10.3. The van der Waals surface area contributed by atoms with Gasteiger partial charge in [-0.15, -0.1) is 9.24 Å². The molecule has 2 unspecified atom stereocenters. The average Bonchev–Trinajstić information content (AvgIpc) is 1.88. The van der Waals surface area contributed by atoms with Crippen LogP contribution < -0.4 is 5.73 Å². The predicted molar refractivity (Wildman–Crippen MR) is 43.7 cm³/mol. The van der Waals surface area contributed by atoms with Gasteiger partial charge in [0.25, 0.3) is 0 Å². The van der Waals surface area contributed by atoms with E-state index in [-0.39, 0.29) is 6.10 Å². The first-order valence-corrected chi connectivity index (χ1v) is 4.18. The highest BCUT2D eigenvalue weighted by Gasteiger charge is 2.01. The van der Waals surface area contributed by atoms with Crippen LogP contribution in [0.2, 0.25) is 0 Å². The molecule has 56 valence electrons. The zero-order valence-corrected chi connectivity index (χ0v) is 7.12. The fourth-order valence-corrected chi connectivity index (χ4v) is 1.06. The molecule has 0 rings (SSSR count). The number of ether oxygens (including phenoxy) is 1. The molecule has 0 amide bonds. The van der Waals surface area contributed by atoms with E-state index in [4.69, 9.17) is 10.5 Å². The monoisotopic (exact) mass is 149 g/mol. The van der Waals surface area contributed by atoms with E-state index < -0.39 is 0 Å². The first kappa shape index (κ1) is 9.35. The molecule has 0 radical (unpaired) electrons. The van der Waals surface area contributed by atoms with Gasteiger partial charge in [0.05, 0.1) is 6.10 Å². The van der Waals surface area contributed by atoms with Crippen LogP contribution in [0.1, 0.15) is 13.3 Å². The molecule has 0 aromatic rings. The van der Waals surface area contributed by atoms with Crippen LogP contribution in [0, 0.1) is 0 Å². The van der Waals surface area contributed by atoms with E-state index in [0.717, 1.165) is 19.2 Å². The second-order valence-corrected chi connectivity index (χ2v) is 2.47. The summed E-state index contributed by atoms with van der Waals surface area (Å²) in [6.07, 6.45) is 2.39. The molecule has 2 nitrogen and oxygen atoms in total. The molecule has 2 atom stereocenters. The van der Waals surface area contributed by atoms with Crippen LogP contribution in [-0.2, 0) is 4.74 Å². The van der Waals surface area contributed by atoms with Crippen molar-refractivity contribution < 1.29 is 4.74 Å². The Labute approximate surface area is 59.3 Å². The van der Waals surface area contributed by atoms with Crippen molar-refractivity contribution >= 4 is 9.24 Å². The minimum atomic E-state index is 0.271. The molecule has 2 N–H and O–H groups in total. The van der Waals surface area contributed by atoms with Gasteiger partial charge in [0.15, 0.2) is 0 Å². The standard InChI is InChI=1S/C6H16NOP/c1-2-8-6(5-7)3-4-9/h6H,2-5,7,9H2,1H3. The van der Waals surface area contributed by atoms with E-state index in [0.29, 0.717) is 6.54 Å². The summed E-state index contributed by atoms with van der Waals surface area (Å²) < 4.78 is 5.29. The molecule has 0 aliphatic rings. The maximum atomic E-state index is 5.41. The van der Waals surface area contributed by atoms with Crippen LogP contribution in [0.5, 0.6) is 0 Å². The third-order valence-corrected chi connectivity index (χ3v) is 1.49. The summed E-state index contributed by atoms with van der Waals surface area (Å²) in [4.78, 5) is 0. The molecule has 0 spiro atoms. The number of hydrogen-bond donors (Lipinski definition) is 1. The van der Waals surface area contributed by atoms with Gasteiger partial charge in [0.1, 0.15) is 0 Å². The summed E-state index contributed by atoms with van der Waals surface area (Å²) in [5.74, 6) is 0. The number of rotatable bonds is 5. The molecular weight excluding hydrogens is 133 g/mol. The number of hydrogen-bond acceptors (Lipinski definition) is 2. The molecular formula is C6H16NOP. The van der Waals surface area contributed by atoms with Gasteiger partial charge >= 0.3 is 0 Å². The average molecular weight is 149 g/mol. The summed E-state index contributed by atoms with van der Waals surface area (Å²) in [6.45, 7) is 3.40. The van der Waals surface area contributed by atoms with Crippen molar-refractivity contribution in [3.63, 3.8) is 0 Å². The van der Waals surface area contributed by atoms with E-state index >= 15 is 0 Å². The molecule has 9 heavy (non-hydrogen) atoms. The molecule has 0 fully saturated rings. The Morgan fingerprint density at radius 1 is 1.67 bits per heavy atom. The highest BCUT2D eigenvalue weighted by atomic mass is 31.0. The lowest BCUT2D eigenvalue weighted by Gasteiger charge is -2.12. The Hall–Kier alpha value is 0.350. The van der Waals surface area contributed by atoms with Gasteiger partial charge in [-0.1, -0.05) is 0 Å². The third kappa shape index (κ3) is 4.83. The Balaban J connectivity index is 3.18. The van der Waals surface area contributed by atoms with Crippen molar-refractivity contribution in [2.24, 2.45) is 5.73 Å². The highest BCUT2D eigenvalue weighted by molar-refractivity contribution is 7.16. The minimum absolute atomic E-state index is 0.271. The van der Waals surface area contributed by atoms with Crippen molar-refractivity contribution in [3.8, 4) is 0 Å². The van der Waals surface area contributed by atoms with Gasteiger partial charge in [-0.2, -0.15) is 0 Å². The van der Waals surface area contributed by atoms with Gasteiger partial charge in [0.2, 0.25) is 0 Å². The second kappa shape index (κ2) is 6.47. The minimum Gasteiger partial charge on any atom is -0.377 e. The second-order valence-electron chi connectivity index (χ2n) is 1.89. The summed E-state index contributed by atoms with van der Waals surface area (Å²) in [5.41, 5.74) is 5.41. The molecule has 0 saturated heterocycles. The molecule has 0 aliphatic carbocycles. The van der Waals surface area contributed by atoms with Gasteiger partial charge in [-0.25, -0.2) is 0 Å². The van der Waals surface area contributed by atoms with Crippen molar-refractivity contribution in [2.75, 3.05) is 19.3 Å². The van der Waals surface area contributed by atoms with Crippen LogP contribution in [0.3, 0.4) is 0 Å². The molecule has 0 heterocycles. The van der Waals surface area contributed by atoms with Gasteiger partial charge in [-0.05, 0) is 19.5 Å². The van der Waals surface area contributed by atoms with E-state index in [1.54, 1.807) is 0 Å². The van der Waals surface area contributed by atoms with Crippen LogP contribution in [-0.4, -0.2) is 25.4 Å². The van der Waals surface area contributed by atoms with E-state index in [1.165, 1.54) is 0 Å². The van der Waals surface area contributed by atoms with Gasteiger partial charge in [0, 0.05) is 13.2 Å². The van der Waals surface area contributed by atoms with Crippen LogP contribution in [0.15, 0.2) is 0 Å². The Morgan fingerprint density at radius 3 is 2.67 bits per heavy atom. The smallest absolute Gasteiger partial charge is 0.0700 e. The largest absolute Gasteiger partial charge is 0.377 e. The summed E-state index contributed by atoms with van der Waals surface area (Å²) in [7, 11) is 2.67. The van der Waals surface area contributed by atoms with Crippen molar-refractivity contribution in [2.45, 2.75) is 19.4 Å².